The van der Waals surface area contributed by atoms with Gasteiger partial charge < -0.3 is 14.7 Å². The maximum Gasteiger partial charge on any atom is 0.253 e. The van der Waals surface area contributed by atoms with E-state index < -0.39 is 0 Å². The molecule has 1 N–H and O–H groups in total. The van der Waals surface area contributed by atoms with Crippen LogP contribution in [0.5, 0.6) is 0 Å². The smallest absolute Gasteiger partial charge is 0.253 e. The third kappa shape index (κ3) is 4.04. The fraction of sp³-hybridized carbons (Fsp3) is 0.333. The number of aromatic amines is 1. The number of likely N-dealkylation sites (N-methyl/N-ethyl adjacent to an activating group) is 1. The highest BCUT2D eigenvalue weighted by atomic mass is 16.2. The van der Waals surface area contributed by atoms with Crippen LogP contribution in [0.1, 0.15) is 27.0 Å². The van der Waals surface area contributed by atoms with Crippen molar-refractivity contribution in [3.05, 3.63) is 71.2 Å². The van der Waals surface area contributed by atoms with Gasteiger partial charge in [0.05, 0.1) is 11.2 Å². The summed E-state index contributed by atoms with van der Waals surface area (Å²) in [4.78, 5) is 29.0. The molecule has 2 aromatic carbocycles. The molecule has 6 rings (SSSR count). The highest BCUT2D eigenvalue weighted by Crippen LogP contribution is 2.33. The molecule has 0 atom stereocenters. The van der Waals surface area contributed by atoms with Crippen molar-refractivity contribution in [2.45, 2.75) is 19.9 Å². The minimum atomic E-state index is 0.130. The number of aryl methyl sites for hydroxylation is 1. The molecule has 2 aliphatic heterocycles. The first-order chi connectivity index (χ1) is 17.1. The second-order valence-electron chi connectivity index (χ2n) is 9.61. The van der Waals surface area contributed by atoms with Gasteiger partial charge in [0, 0.05) is 62.0 Å². The highest BCUT2D eigenvalue weighted by molar-refractivity contribution is 5.96. The maximum atomic E-state index is 13.2. The van der Waals surface area contributed by atoms with E-state index in [9.17, 15) is 4.79 Å². The molecule has 35 heavy (non-hydrogen) atoms. The molecule has 0 spiro atoms. The number of aromatic nitrogens is 4. The van der Waals surface area contributed by atoms with Crippen molar-refractivity contribution in [1.82, 2.24) is 30.0 Å². The van der Waals surface area contributed by atoms with Crippen LogP contribution >= 0.6 is 0 Å². The number of piperazine rings is 1. The molecule has 178 valence electrons. The van der Waals surface area contributed by atoms with E-state index in [-0.39, 0.29) is 5.91 Å². The van der Waals surface area contributed by atoms with Gasteiger partial charge in [-0.05, 0) is 67.4 Å². The minimum Gasteiger partial charge on any atom is -0.351 e. The average molecular weight is 468 g/mol. The molecular formula is C27H29N7O. The van der Waals surface area contributed by atoms with E-state index in [1.54, 1.807) is 12.5 Å². The van der Waals surface area contributed by atoms with Crippen LogP contribution in [0.4, 0.5) is 5.82 Å². The summed E-state index contributed by atoms with van der Waals surface area (Å²) in [6.07, 6.45) is 4.34. The second kappa shape index (κ2) is 8.78. The first-order valence-electron chi connectivity index (χ1n) is 12.2. The molecule has 2 aliphatic rings. The van der Waals surface area contributed by atoms with E-state index in [2.05, 4.69) is 63.2 Å². The van der Waals surface area contributed by atoms with E-state index in [4.69, 9.17) is 4.98 Å². The third-order valence-corrected chi connectivity index (χ3v) is 7.28. The molecule has 0 unspecified atom stereocenters. The molecule has 4 heterocycles. The first-order valence-corrected chi connectivity index (χ1v) is 12.2. The first kappa shape index (κ1) is 21.7. The molecule has 8 nitrogen and oxygen atoms in total. The number of rotatable bonds is 3. The summed E-state index contributed by atoms with van der Waals surface area (Å²) in [7, 11) is 2.10. The van der Waals surface area contributed by atoms with Gasteiger partial charge >= 0.3 is 0 Å². The molecule has 0 saturated carbocycles. The van der Waals surface area contributed by atoms with Gasteiger partial charge in [-0.1, -0.05) is 6.07 Å². The fourth-order valence-electron chi connectivity index (χ4n) is 5.22. The number of carbonyl (C=O) groups is 1. The van der Waals surface area contributed by atoms with Gasteiger partial charge in [0.25, 0.3) is 5.91 Å². The molecule has 2 aromatic heterocycles. The zero-order chi connectivity index (χ0) is 23.9. The summed E-state index contributed by atoms with van der Waals surface area (Å²) in [5.41, 5.74) is 7.39. The lowest BCUT2D eigenvalue weighted by Gasteiger charge is -2.33. The number of nitrogens with zero attached hydrogens (tertiary/aromatic N) is 6. The Kier molecular flexibility index (Phi) is 5.45. The maximum absolute atomic E-state index is 13.2. The summed E-state index contributed by atoms with van der Waals surface area (Å²) in [5, 5.41) is 8.20. The summed E-state index contributed by atoms with van der Waals surface area (Å²) in [5.74, 6) is 1.06. The lowest BCUT2D eigenvalue weighted by Crippen LogP contribution is -2.47. The van der Waals surface area contributed by atoms with Crippen LogP contribution in [0.2, 0.25) is 0 Å². The SMILES string of the molecule is Cc1cc(-c2ccn[nH]2)cc2c(N3CCc4ccc(C(=O)N5CCN(C)CC5)cc4C3)ncnc12. The van der Waals surface area contributed by atoms with Gasteiger partial charge in [0.2, 0.25) is 0 Å². The topological polar surface area (TPSA) is 81.3 Å². The molecule has 0 aliphatic carbocycles. The predicted octanol–water partition coefficient (Wildman–Crippen LogP) is 3.28. The van der Waals surface area contributed by atoms with Gasteiger partial charge in [-0.2, -0.15) is 5.10 Å². The molecule has 0 bridgehead atoms. The zero-order valence-electron chi connectivity index (χ0n) is 20.2. The number of hydrogen-bond donors (Lipinski definition) is 1. The van der Waals surface area contributed by atoms with Crippen molar-refractivity contribution in [3.63, 3.8) is 0 Å². The molecule has 8 heteroatoms. The van der Waals surface area contributed by atoms with Crippen LogP contribution in [0.3, 0.4) is 0 Å². The number of benzene rings is 2. The number of anilines is 1. The van der Waals surface area contributed by atoms with E-state index in [1.165, 1.54) is 11.1 Å². The monoisotopic (exact) mass is 467 g/mol. The summed E-state index contributed by atoms with van der Waals surface area (Å²) in [6.45, 7) is 7.08. The van der Waals surface area contributed by atoms with Crippen molar-refractivity contribution in [3.8, 4) is 11.3 Å². The lowest BCUT2D eigenvalue weighted by molar-refractivity contribution is 0.0664. The number of nitrogens with one attached hydrogen (secondary N) is 1. The Balaban J connectivity index is 1.32. The minimum absolute atomic E-state index is 0.130. The molecule has 4 aromatic rings. The van der Waals surface area contributed by atoms with Crippen molar-refractivity contribution < 1.29 is 4.79 Å². The third-order valence-electron chi connectivity index (χ3n) is 7.28. The molecule has 0 radical (unpaired) electrons. The zero-order valence-corrected chi connectivity index (χ0v) is 20.2. The van der Waals surface area contributed by atoms with Crippen molar-refractivity contribution in [2.24, 2.45) is 0 Å². The van der Waals surface area contributed by atoms with Crippen molar-refractivity contribution in [1.29, 1.82) is 0 Å². The van der Waals surface area contributed by atoms with Crippen LogP contribution in [0.25, 0.3) is 22.2 Å². The standard InChI is InChI=1S/C27H29N7O/c1-18-13-21(24-5-7-30-31-24)15-23-25(18)28-17-29-26(23)34-8-6-19-3-4-20(14-22(19)16-34)27(35)33-11-9-32(2)10-12-33/h3-5,7,13-15,17H,6,8-12,16H2,1-2H3,(H,30,31). The average Bonchev–Trinajstić information content (AvgIpc) is 3.43. The van der Waals surface area contributed by atoms with Gasteiger partial charge in [-0.25, -0.2) is 9.97 Å². The Morgan fingerprint density at radius 3 is 2.63 bits per heavy atom. The van der Waals surface area contributed by atoms with Crippen LogP contribution in [-0.2, 0) is 13.0 Å². The number of H-pyrrole nitrogens is 1. The number of amides is 1. The van der Waals surface area contributed by atoms with E-state index in [0.717, 1.165) is 84.8 Å². The lowest BCUT2D eigenvalue weighted by atomic mass is 9.96. The Labute approximate surface area is 204 Å². The van der Waals surface area contributed by atoms with E-state index in [1.807, 2.05) is 17.0 Å². The highest BCUT2D eigenvalue weighted by Gasteiger charge is 2.24. The Morgan fingerprint density at radius 2 is 1.83 bits per heavy atom. The van der Waals surface area contributed by atoms with Gasteiger partial charge in [0.15, 0.2) is 0 Å². The van der Waals surface area contributed by atoms with Crippen LogP contribution in [0.15, 0.2) is 48.9 Å². The quantitative estimate of drug-likeness (QED) is 0.498. The summed E-state index contributed by atoms with van der Waals surface area (Å²) >= 11 is 0. The Morgan fingerprint density at radius 1 is 0.971 bits per heavy atom. The van der Waals surface area contributed by atoms with Crippen molar-refractivity contribution >= 4 is 22.6 Å². The van der Waals surface area contributed by atoms with Gasteiger partial charge in [0.1, 0.15) is 12.1 Å². The molecule has 1 fully saturated rings. The Hall–Kier alpha value is -3.78. The fourth-order valence-corrected chi connectivity index (χ4v) is 5.22. The normalized spacial score (nSPS) is 16.5. The Bertz CT molecular complexity index is 1390. The number of carbonyl (C=O) groups excluding carboxylic acids is 1. The summed E-state index contributed by atoms with van der Waals surface area (Å²) < 4.78 is 0. The predicted molar refractivity (Wildman–Crippen MR) is 136 cm³/mol. The van der Waals surface area contributed by atoms with Gasteiger partial charge in [-0.3, -0.25) is 9.89 Å². The number of hydrogen-bond acceptors (Lipinski definition) is 6. The van der Waals surface area contributed by atoms with Gasteiger partial charge in [-0.15, -0.1) is 0 Å². The van der Waals surface area contributed by atoms with Crippen LogP contribution in [-0.4, -0.2) is 75.6 Å². The number of fused-ring (bicyclic) bond motifs is 2. The van der Waals surface area contributed by atoms with E-state index in [0.29, 0.717) is 0 Å². The molecular weight excluding hydrogens is 438 g/mol. The molecule has 1 amide bonds. The van der Waals surface area contributed by atoms with Crippen molar-refractivity contribution in [2.75, 3.05) is 44.7 Å². The van der Waals surface area contributed by atoms with Crippen LogP contribution < -0.4 is 4.90 Å². The van der Waals surface area contributed by atoms with E-state index >= 15 is 0 Å². The molecule has 1 saturated heterocycles. The largest absolute Gasteiger partial charge is 0.351 e. The summed E-state index contributed by atoms with van der Waals surface area (Å²) in [6, 6.07) is 12.5. The second-order valence-corrected chi connectivity index (χ2v) is 9.61. The van der Waals surface area contributed by atoms with Crippen LogP contribution in [0, 0.1) is 6.92 Å².